The van der Waals surface area contributed by atoms with Crippen molar-refractivity contribution in [1.29, 1.82) is 0 Å². The molecule has 132 valence electrons. The van der Waals surface area contributed by atoms with Gasteiger partial charge in [-0.1, -0.05) is 35.3 Å². The van der Waals surface area contributed by atoms with Gasteiger partial charge in [-0.05, 0) is 55.3 Å². The van der Waals surface area contributed by atoms with Gasteiger partial charge in [-0.2, -0.15) is 0 Å². The second-order valence-corrected chi connectivity index (χ2v) is 7.53. The molecule has 25 heavy (non-hydrogen) atoms. The molecule has 1 heterocycles. The van der Waals surface area contributed by atoms with E-state index < -0.39 is 0 Å². The summed E-state index contributed by atoms with van der Waals surface area (Å²) in [6.45, 7) is 7.77. The lowest BCUT2D eigenvalue weighted by atomic mass is 10.0. The van der Waals surface area contributed by atoms with Gasteiger partial charge in [0.1, 0.15) is 0 Å². The molecule has 1 aliphatic heterocycles. The monoisotopic (exact) mass is 376 g/mol. The van der Waals surface area contributed by atoms with E-state index in [4.69, 9.17) is 23.2 Å². The van der Waals surface area contributed by atoms with Gasteiger partial charge in [0.05, 0.1) is 0 Å². The Kier molecular flexibility index (Phi) is 5.67. The third-order valence-electron chi connectivity index (χ3n) is 4.64. The third kappa shape index (κ3) is 4.35. The molecular weight excluding hydrogens is 355 g/mol. The molecule has 0 spiro atoms. The van der Waals surface area contributed by atoms with Crippen LogP contribution in [0.2, 0.25) is 10.0 Å². The SMILES string of the molecule is CC(C)N1CCN(C(=O)c2cccc(-c3cc(Cl)cc(Cl)c3)c2)CC1. The average molecular weight is 377 g/mol. The van der Waals surface area contributed by atoms with Gasteiger partial charge in [0, 0.05) is 47.8 Å². The number of hydrogen-bond acceptors (Lipinski definition) is 2. The van der Waals surface area contributed by atoms with Crippen LogP contribution in [-0.4, -0.2) is 47.9 Å². The van der Waals surface area contributed by atoms with E-state index in [-0.39, 0.29) is 5.91 Å². The highest BCUT2D eigenvalue weighted by atomic mass is 35.5. The molecule has 0 radical (unpaired) electrons. The van der Waals surface area contributed by atoms with Gasteiger partial charge in [-0.3, -0.25) is 9.69 Å². The second kappa shape index (κ2) is 7.77. The van der Waals surface area contributed by atoms with E-state index in [2.05, 4.69) is 18.7 Å². The zero-order valence-electron chi connectivity index (χ0n) is 14.5. The van der Waals surface area contributed by atoms with Crippen LogP contribution in [0.15, 0.2) is 42.5 Å². The van der Waals surface area contributed by atoms with E-state index in [0.717, 1.165) is 37.3 Å². The number of carbonyl (C=O) groups is 1. The van der Waals surface area contributed by atoms with Gasteiger partial charge in [0.15, 0.2) is 0 Å². The standard InChI is InChI=1S/C20H22Cl2N2O/c1-14(2)23-6-8-24(9-7-23)20(25)16-5-3-4-15(10-16)17-11-18(21)13-19(22)12-17/h3-5,10-14H,6-9H2,1-2H3. The zero-order chi connectivity index (χ0) is 18.0. The molecule has 0 aromatic heterocycles. The molecule has 0 saturated carbocycles. The fourth-order valence-corrected chi connectivity index (χ4v) is 3.70. The lowest BCUT2D eigenvalue weighted by Crippen LogP contribution is -2.50. The van der Waals surface area contributed by atoms with Crippen molar-refractivity contribution in [3.8, 4) is 11.1 Å². The molecule has 3 nitrogen and oxygen atoms in total. The van der Waals surface area contributed by atoms with Crippen molar-refractivity contribution in [2.24, 2.45) is 0 Å². The third-order valence-corrected chi connectivity index (χ3v) is 5.07. The average Bonchev–Trinajstić information content (AvgIpc) is 2.60. The first kappa shape index (κ1) is 18.2. The fourth-order valence-electron chi connectivity index (χ4n) is 3.18. The van der Waals surface area contributed by atoms with Gasteiger partial charge in [0.25, 0.3) is 5.91 Å². The molecule has 2 aromatic carbocycles. The van der Waals surface area contributed by atoms with Crippen molar-refractivity contribution in [2.75, 3.05) is 26.2 Å². The highest BCUT2D eigenvalue weighted by Crippen LogP contribution is 2.28. The van der Waals surface area contributed by atoms with Crippen molar-refractivity contribution in [3.63, 3.8) is 0 Å². The van der Waals surface area contributed by atoms with Crippen LogP contribution in [0.4, 0.5) is 0 Å². The lowest BCUT2D eigenvalue weighted by molar-refractivity contribution is 0.0595. The summed E-state index contributed by atoms with van der Waals surface area (Å²) in [5.41, 5.74) is 2.56. The minimum absolute atomic E-state index is 0.0818. The molecule has 0 N–H and O–H groups in total. The van der Waals surface area contributed by atoms with E-state index in [1.165, 1.54) is 0 Å². The van der Waals surface area contributed by atoms with Gasteiger partial charge in [-0.25, -0.2) is 0 Å². The van der Waals surface area contributed by atoms with Crippen molar-refractivity contribution in [1.82, 2.24) is 9.80 Å². The van der Waals surface area contributed by atoms with E-state index in [9.17, 15) is 4.79 Å². The van der Waals surface area contributed by atoms with Gasteiger partial charge in [0.2, 0.25) is 0 Å². The summed E-state index contributed by atoms with van der Waals surface area (Å²) in [5, 5.41) is 1.17. The number of benzene rings is 2. The predicted molar refractivity (Wildman–Crippen MR) is 105 cm³/mol. The molecule has 5 heteroatoms. The van der Waals surface area contributed by atoms with E-state index in [1.54, 1.807) is 6.07 Å². The number of amides is 1. The Morgan fingerprint density at radius 2 is 1.56 bits per heavy atom. The highest BCUT2D eigenvalue weighted by Gasteiger charge is 2.23. The Bertz CT molecular complexity index is 748. The summed E-state index contributed by atoms with van der Waals surface area (Å²) in [6.07, 6.45) is 0. The van der Waals surface area contributed by atoms with Crippen molar-refractivity contribution in [3.05, 3.63) is 58.1 Å². The van der Waals surface area contributed by atoms with Crippen LogP contribution in [0.25, 0.3) is 11.1 Å². The normalized spacial score (nSPS) is 15.6. The summed E-state index contributed by atoms with van der Waals surface area (Å²) in [6, 6.07) is 13.6. The number of rotatable bonds is 3. The minimum atomic E-state index is 0.0818. The maximum Gasteiger partial charge on any atom is 0.253 e. The van der Waals surface area contributed by atoms with Crippen LogP contribution in [0.1, 0.15) is 24.2 Å². The Balaban J connectivity index is 1.78. The molecule has 0 unspecified atom stereocenters. The summed E-state index contributed by atoms with van der Waals surface area (Å²) >= 11 is 12.2. The molecule has 1 aliphatic rings. The van der Waals surface area contributed by atoms with Gasteiger partial charge in [-0.15, -0.1) is 0 Å². The summed E-state index contributed by atoms with van der Waals surface area (Å²) in [7, 11) is 0. The molecule has 2 aromatic rings. The van der Waals surface area contributed by atoms with E-state index >= 15 is 0 Å². The van der Waals surface area contributed by atoms with Gasteiger partial charge < -0.3 is 4.90 Å². The summed E-state index contributed by atoms with van der Waals surface area (Å²) in [4.78, 5) is 17.2. The lowest BCUT2D eigenvalue weighted by Gasteiger charge is -2.37. The van der Waals surface area contributed by atoms with E-state index in [0.29, 0.717) is 21.7 Å². The molecule has 3 rings (SSSR count). The first-order valence-corrected chi connectivity index (χ1v) is 9.29. The van der Waals surface area contributed by atoms with Crippen LogP contribution >= 0.6 is 23.2 Å². The van der Waals surface area contributed by atoms with Crippen molar-refractivity contribution < 1.29 is 4.79 Å². The molecular formula is C20H22Cl2N2O. The predicted octanol–water partition coefficient (Wildman–Crippen LogP) is 4.83. The Morgan fingerprint density at radius 3 is 2.16 bits per heavy atom. The number of carbonyl (C=O) groups excluding carboxylic acids is 1. The van der Waals surface area contributed by atoms with Crippen LogP contribution < -0.4 is 0 Å². The number of nitrogens with zero attached hydrogens (tertiary/aromatic N) is 2. The first-order chi connectivity index (χ1) is 11.9. The zero-order valence-corrected chi connectivity index (χ0v) is 16.0. The molecule has 0 bridgehead atoms. The van der Waals surface area contributed by atoms with Crippen molar-refractivity contribution in [2.45, 2.75) is 19.9 Å². The van der Waals surface area contributed by atoms with Gasteiger partial charge >= 0.3 is 0 Å². The first-order valence-electron chi connectivity index (χ1n) is 8.54. The summed E-state index contributed by atoms with van der Waals surface area (Å²) < 4.78 is 0. The highest BCUT2D eigenvalue weighted by molar-refractivity contribution is 6.35. The molecule has 1 saturated heterocycles. The molecule has 1 amide bonds. The topological polar surface area (TPSA) is 23.6 Å². The summed E-state index contributed by atoms with van der Waals surface area (Å²) in [5.74, 6) is 0.0818. The number of piperazine rings is 1. The minimum Gasteiger partial charge on any atom is -0.336 e. The van der Waals surface area contributed by atoms with Crippen LogP contribution in [-0.2, 0) is 0 Å². The Morgan fingerprint density at radius 1 is 0.920 bits per heavy atom. The van der Waals surface area contributed by atoms with Crippen molar-refractivity contribution >= 4 is 29.1 Å². The fraction of sp³-hybridized carbons (Fsp3) is 0.350. The quantitative estimate of drug-likeness (QED) is 0.765. The number of hydrogen-bond donors (Lipinski definition) is 0. The van der Waals surface area contributed by atoms with Crippen LogP contribution in [0.5, 0.6) is 0 Å². The molecule has 0 atom stereocenters. The van der Waals surface area contributed by atoms with E-state index in [1.807, 2.05) is 41.3 Å². The Hall–Kier alpha value is -1.55. The largest absolute Gasteiger partial charge is 0.336 e. The van der Waals surface area contributed by atoms with Crippen LogP contribution in [0, 0.1) is 0 Å². The maximum atomic E-state index is 12.8. The second-order valence-electron chi connectivity index (χ2n) is 6.66. The number of halogens is 2. The van der Waals surface area contributed by atoms with Crippen LogP contribution in [0.3, 0.4) is 0 Å². The Labute approximate surface area is 159 Å². The smallest absolute Gasteiger partial charge is 0.253 e. The maximum absolute atomic E-state index is 12.8. The molecule has 0 aliphatic carbocycles. The molecule has 1 fully saturated rings.